The molecule has 0 fully saturated rings. The van der Waals surface area contributed by atoms with Crippen molar-refractivity contribution in [2.45, 2.75) is 39.2 Å². The molecule has 0 heterocycles. The van der Waals surface area contributed by atoms with Crippen LogP contribution in [0.2, 0.25) is 5.02 Å². The van der Waals surface area contributed by atoms with Gasteiger partial charge in [-0.05, 0) is 31.4 Å². The van der Waals surface area contributed by atoms with Gasteiger partial charge in [0.2, 0.25) is 5.91 Å². The van der Waals surface area contributed by atoms with E-state index in [0.29, 0.717) is 24.1 Å². The van der Waals surface area contributed by atoms with Crippen molar-refractivity contribution in [3.63, 3.8) is 0 Å². The molecule has 0 radical (unpaired) electrons. The third-order valence-electron chi connectivity index (χ3n) is 3.45. The number of rotatable bonds is 5. The molecule has 1 aromatic rings. The summed E-state index contributed by atoms with van der Waals surface area (Å²) in [6, 6.07) is 2.70. The van der Waals surface area contributed by atoms with Crippen LogP contribution in [0.5, 0.6) is 0 Å². The number of hydrogen-bond donors (Lipinski definition) is 2. The maximum Gasteiger partial charge on any atom is 0.288 e. The third-order valence-corrected chi connectivity index (χ3v) is 3.76. The molecule has 110 valence electrons. The van der Waals surface area contributed by atoms with Gasteiger partial charge in [-0.3, -0.25) is 14.9 Å². The second kappa shape index (κ2) is 6.19. The van der Waals surface area contributed by atoms with Gasteiger partial charge in [0.05, 0.1) is 10.5 Å². The molecule has 1 rings (SSSR count). The number of anilines is 1. The van der Waals surface area contributed by atoms with Gasteiger partial charge < -0.3 is 11.1 Å². The molecular formula is C13H18ClN3O3. The van der Waals surface area contributed by atoms with Gasteiger partial charge in [0.25, 0.3) is 5.69 Å². The van der Waals surface area contributed by atoms with Crippen LogP contribution in [0.3, 0.4) is 0 Å². The first kappa shape index (κ1) is 16.4. The summed E-state index contributed by atoms with van der Waals surface area (Å²) in [5.74, 6) is -0.324. The number of nitrogens with two attached hydrogens (primary N) is 1. The van der Waals surface area contributed by atoms with E-state index in [0.717, 1.165) is 0 Å². The Bertz CT molecular complexity index is 542. The third kappa shape index (κ3) is 3.26. The Hall–Kier alpha value is -1.66. The minimum atomic E-state index is -0.958. The quantitative estimate of drug-likeness (QED) is 0.645. The average molecular weight is 300 g/mol. The van der Waals surface area contributed by atoms with Crippen molar-refractivity contribution in [1.82, 2.24) is 0 Å². The number of nitrogens with zero attached hydrogens (tertiary/aromatic N) is 1. The lowest BCUT2D eigenvalue weighted by molar-refractivity contribution is -0.384. The zero-order chi connectivity index (χ0) is 15.5. The lowest BCUT2D eigenvalue weighted by atomic mass is 9.93. The van der Waals surface area contributed by atoms with E-state index in [1.165, 1.54) is 12.1 Å². The molecule has 1 amide bonds. The molecule has 1 aromatic carbocycles. The highest BCUT2D eigenvalue weighted by Gasteiger charge is 2.30. The van der Waals surface area contributed by atoms with E-state index >= 15 is 0 Å². The van der Waals surface area contributed by atoms with Crippen molar-refractivity contribution in [3.05, 3.63) is 32.8 Å². The van der Waals surface area contributed by atoms with Gasteiger partial charge in [-0.1, -0.05) is 25.4 Å². The zero-order valence-electron chi connectivity index (χ0n) is 11.7. The van der Waals surface area contributed by atoms with Gasteiger partial charge in [0.1, 0.15) is 5.02 Å². The van der Waals surface area contributed by atoms with Crippen LogP contribution in [-0.2, 0) is 4.79 Å². The van der Waals surface area contributed by atoms with Crippen LogP contribution < -0.4 is 11.1 Å². The maximum absolute atomic E-state index is 12.2. The van der Waals surface area contributed by atoms with Gasteiger partial charge in [0.15, 0.2) is 0 Å². The average Bonchev–Trinajstić information content (AvgIpc) is 2.41. The van der Waals surface area contributed by atoms with E-state index in [1.54, 1.807) is 6.92 Å². The summed E-state index contributed by atoms with van der Waals surface area (Å²) in [7, 11) is 0. The van der Waals surface area contributed by atoms with Crippen molar-refractivity contribution < 1.29 is 9.72 Å². The van der Waals surface area contributed by atoms with E-state index in [9.17, 15) is 14.9 Å². The normalized spacial score (nSPS) is 11.2. The van der Waals surface area contributed by atoms with Gasteiger partial charge in [-0.2, -0.15) is 0 Å². The predicted octanol–water partition coefficient (Wildman–Crippen LogP) is 3.01. The Morgan fingerprint density at radius 1 is 1.45 bits per heavy atom. The molecule has 0 aromatic heterocycles. The van der Waals surface area contributed by atoms with Gasteiger partial charge in [-0.25, -0.2) is 0 Å². The molecule has 0 aliphatic rings. The number of halogens is 1. The number of nitro benzene ring substituents is 1. The van der Waals surface area contributed by atoms with Crippen LogP contribution >= 0.6 is 11.6 Å². The Balaban J connectivity index is 3.08. The second-order valence-corrected chi connectivity index (χ2v) is 5.10. The number of carbonyl (C=O) groups is 1. The fraction of sp³-hybridized carbons (Fsp3) is 0.462. The fourth-order valence-electron chi connectivity index (χ4n) is 1.76. The smallest absolute Gasteiger partial charge is 0.288 e. The number of nitro groups is 1. The second-order valence-electron chi connectivity index (χ2n) is 4.69. The molecule has 0 aliphatic heterocycles. The number of benzene rings is 1. The molecule has 0 unspecified atom stereocenters. The van der Waals surface area contributed by atoms with E-state index in [-0.39, 0.29) is 16.6 Å². The molecule has 0 bridgehead atoms. The molecular weight excluding hydrogens is 282 g/mol. The predicted molar refractivity (Wildman–Crippen MR) is 79.0 cm³/mol. The van der Waals surface area contributed by atoms with Crippen molar-refractivity contribution in [3.8, 4) is 0 Å². The van der Waals surface area contributed by atoms with Crippen LogP contribution in [-0.4, -0.2) is 16.4 Å². The lowest BCUT2D eigenvalue weighted by Crippen LogP contribution is -2.50. The first-order valence-electron chi connectivity index (χ1n) is 6.30. The monoisotopic (exact) mass is 299 g/mol. The molecule has 3 N–H and O–H groups in total. The lowest BCUT2D eigenvalue weighted by Gasteiger charge is -2.25. The van der Waals surface area contributed by atoms with Crippen molar-refractivity contribution in [2.24, 2.45) is 5.73 Å². The summed E-state index contributed by atoms with van der Waals surface area (Å²) in [6.45, 7) is 5.33. The summed E-state index contributed by atoms with van der Waals surface area (Å²) < 4.78 is 0. The number of hydrogen-bond acceptors (Lipinski definition) is 4. The van der Waals surface area contributed by atoms with Gasteiger partial charge >= 0.3 is 0 Å². The molecule has 6 nitrogen and oxygen atoms in total. The van der Waals surface area contributed by atoms with E-state index in [2.05, 4.69) is 5.32 Å². The first-order chi connectivity index (χ1) is 9.25. The highest BCUT2D eigenvalue weighted by molar-refractivity contribution is 6.33. The summed E-state index contributed by atoms with van der Waals surface area (Å²) in [5.41, 5.74) is 5.85. The number of amides is 1. The number of nitrogens with one attached hydrogen (secondary N) is 1. The summed E-state index contributed by atoms with van der Waals surface area (Å²) >= 11 is 5.84. The van der Waals surface area contributed by atoms with Crippen LogP contribution in [0, 0.1) is 17.0 Å². The van der Waals surface area contributed by atoms with Gasteiger partial charge in [-0.15, -0.1) is 0 Å². The van der Waals surface area contributed by atoms with Crippen molar-refractivity contribution in [1.29, 1.82) is 0 Å². The number of carbonyl (C=O) groups excluding carboxylic acids is 1. The largest absolute Gasteiger partial charge is 0.324 e. The van der Waals surface area contributed by atoms with Crippen LogP contribution in [0.15, 0.2) is 12.1 Å². The fourth-order valence-corrected chi connectivity index (χ4v) is 1.99. The van der Waals surface area contributed by atoms with Crippen LogP contribution in [0.1, 0.15) is 32.3 Å². The van der Waals surface area contributed by atoms with Gasteiger partial charge in [0, 0.05) is 11.8 Å². The molecule has 0 atom stereocenters. The molecule has 0 saturated carbocycles. The van der Waals surface area contributed by atoms with Crippen molar-refractivity contribution >= 4 is 28.9 Å². The molecule has 0 spiro atoms. The summed E-state index contributed by atoms with van der Waals surface area (Å²) in [6.07, 6.45) is 0.990. The van der Waals surface area contributed by atoms with E-state index < -0.39 is 10.5 Å². The standard InChI is InChI=1S/C13H18ClN3O3/c1-4-13(15,5-2)12(18)16-10-7-9(14)11(17(19)20)6-8(10)3/h6-7H,4-5,15H2,1-3H3,(H,16,18). The Kier molecular flexibility index (Phi) is 5.08. The SMILES string of the molecule is CCC(N)(CC)C(=O)Nc1cc(Cl)c([N+](=O)[O-])cc1C. The van der Waals surface area contributed by atoms with Crippen LogP contribution in [0.25, 0.3) is 0 Å². The topological polar surface area (TPSA) is 98.3 Å². The molecule has 0 saturated heterocycles. The Morgan fingerprint density at radius 2 is 2.00 bits per heavy atom. The minimum absolute atomic E-state index is 0.0217. The zero-order valence-corrected chi connectivity index (χ0v) is 12.5. The highest BCUT2D eigenvalue weighted by Crippen LogP contribution is 2.31. The first-order valence-corrected chi connectivity index (χ1v) is 6.67. The Morgan fingerprint density at radius 3 is 2.45 bits per heavy atom. The van der Waals surface area contributed by atoms with E-state index in [4.69, 9.17) is 17.3 Å². The summed E-state index contributed by atoms with van der Waals surface area (Å²) in [4.78, 5) is 22.4. The maximum atomic E-state index is 12.2. The van der Waals surface area contributed by atoms with Crippen molar-refractivity contribution in [2.75, 3.05) is 5.32 Å². The number of aryl methyl sites for hydroxylation is 1. The van der Waals surface area contributed by atoms with Crippen LogP contribution in [0.4, 0.5) is 11.4 Å². The van der Waals surface area contributed by atoms with E-state index in [1.807, 2.05) is 13.8 Å². The highest BCUT2D eigenvalue weighted by atomic mass is 35.5. The summed E-state index contributed by atoms with van der Waals surface area (Å²) in [5, 5.41) is 13.4. The molecule has 20 heavy (non-hydrogen) atoms. The minimum Gasteiger partial charge on any atom is -0.324 e. The molecule has 7 heteroatoms. The molecule has 0 aliphatic carbocycles. The Labute approximate surface area is 122 Å².